The van der Waals surface area contributed by atoms with Crippen LogP contribution >= 0.6 is 0 Å². The summed E-state index contributed by atoms with van der Waals surface area (Å²) in [7, 11) is 0. The fourth-order valence-corrected chi connectivity index (χ4v) is 8.48. The molecular weight excluding hydrogens is 615 g/mol. The Bertz CT molecular complexity index is 1790. The molecule has 6 rings (SSSR count). The molecule has 208 valence electrons. The minimum absolute atomic E-state index is 0.714. The van der Waals surface area contributed by atoms with Gasteiger partial charge >= 0.3 is 172 Å². The van der Waals surface area contributed by atoms with Crippen molar-refractivity contribution in [3.8, 4) is 33.8 Å². The van der Waals surface area contributed by atoms with Gasteiger partial charge in [0.25, 0.3) is 0 Å². The second-order valence-corrected chi connectivity index (χ2v) is 25.2. The van der Waals surface area contributed by atoms with Gasteiger partial charge in [-0.25, -0.2) is 0 Å². The number of fused-ring (bicyclic) bond motifs is 1. The van der Waals surface area contributed by atoms with Crippen LogP contribution in [0.1, 0.15) is 36.8 Å². The van der Waals surface area contributed by atoms with Gasteiger partial charge in [-0.2, -0.15) is 0 Å². The van der Waals surface area contributed by atoms with E-state index in [-0.39, 0.29) is 0 Å². The first-order chi connectivity index (χ1) is 19.8. The van der Waals surface area contributed by atoms with Gasteiger partial charge < -0.3 is 0 Å². The van der Waals surface area contributed by atoms with Crippen molar-refractivity contribution >= 4 is 24.4 Å². The number of rotatable bonds is 9. The molecule has 0 atom stereocenters. The van der Waals surface area contributed by atoms with Crippen molar-refractivity contribution in [2.24, 2.45) is 0 Å². The van der Waals surface area contributed by atoms with Crippen molar-refractivity contribution in [2.75, 3.05) is 0 Å². The zero-order valence-electron chi connectivity index (χ0n) is 24.4. The molecule has 0 aliphatic heterocycles. The Morgan fingerprint density at radius 1 is 0.805 bits per heavy atom. The predicted molar refractivity (Wildman–Crippen MR) is 166 cm³/mol. The van der Waals surface area contributed by atoms with Crippen LogP contribution in [0, 0.1) is 6.92 Å². The first kappa shape index (κ1) is 27.4. The van der Waals surface area contributed by atoms with E-state index in [1.165, 1.54) is 5.56 Å². The van der Waals surface area contributed by atoms with E-state index in [2.05, 4.69) is 124 Å². The van der Waals surface area contributed by atoms with Crippen molar-refractivity contribution in [3.63, 3.8) is 0 Å². The molecule has 9 heteroatoms. The number of hydrogen-bond donors (Lipinski definition) is 0. The third kappa shape index (κ3) is 5.32. The third-order valence-electron chi connectivity index (χ3n) is 7.51. The van der Waals surface area contributed by atoms with E-state index in [9.17, 15) is 0 Å². The number of imidazole rings is 1. The molecule has 0 aliphatic carbocycles. The van der Waals surface area contributed by atoms with E-state index in [1.807, 2.05) is 10.6 Å². The first-order valence-electron chi connectivity index (χ1n) is 14.3. The Morgan fingerprint density at radius 3 is 2.22 bits per heavy atom. The average Bonchev–Trinajstić information content (AvgIpc) is 3.69. The molecule has 41 heavy (non-hydrogen) atoms. The Hall–Kier alpha value is -3.79. The van der Waals surface area contributed by atoms with Crippen molar-refractivity contribution in [1.29, 1.82) is 0 Å². The van der Waals surface area contributed by atoms with Crippen LogP contribution in [0.2, 0.25) is 14.8 Å². The Kier molecular flexibility index (Phi) is 7.50. The van der Waals surface area contributed by atoms with Crippen molar-refractivity contribution in [3.05, 3.63) is 95.9 Å². The van der Waals surface area contributed by atoms with Crippen LogP contribution in [-0.2, 0) is 13.0 Å². The van der Waals surface area contributed by atoms with Gasteiger partial charge in [-0.05, 0) is 13.3 Å². The summed E-state index contributed by atoms with van der Waals surface area (Å²) in [5.41, 5.74) is 7.72. The predicted octanol–water partition coefficient (Wildman–Crippen LogP) is 6.90. The van der Waals surface area contributed by atoms with Crippen molar-refractivity contribution in [1.82, 2.24) is 37.6 Å². The van der Waals surface area contributed by atoms with Crippen LogP contribution in [0.15, 0.2) is 78.9 Å². The molecule has 8 nitrogen and oxygen atoms in total. The number of aromatic nitrogens is 8. The molecule has 0 bridgehead atoms. The Balaban J connectivity index is 1.35. The molecule has 0 N–H and O–H groups in total. The Labute approximate surface area is 245 Å². The van der Waals surface area contributed by atoms with Gasteiger partial charge in [0.05, 0.1) is 11.4 Å². The molecule has 0 unspecified atom stereocenters. The molecule has 0 radical (unpaired) electrons. The molecule has 3 aromatic heterocycles. The number of benzene rings is 3. The van der Waals surface area contributed by atoms with E-state index in [0.717, 1.165) is 70.3 Å². The van der Waals surface area contributed by atoms with E-state index in [1.54, 1.807) is 0 Å². The zero-order valence-corrected chi connectivity index (χ0v) is 27.3. The second kappa shape index (κ2) is 11.2. The van der Waals surface area contributed by atoms with Crippen LogP contribution in [0.3, 0.4) is 0 Å². The maximum absolute atomic E-state index is 5.09. The van der Waals surface area contributed by atoms with Gasteiger partial charge in [-0.1, -0.05) is 43.7 Å². The maximum atomic E-state index is 5.09. The van der Waals surface area contributed by atoms with Gasteiger partial charge in [0.2, 0.25) is 0 Å². The van der Waals surface area contributed by atoms with Gasteiger partial charge in [-0.15, -0.1) is 0 Å². The number of hydrogen-bond acceptors (Lipinski definition) is 5. The van der Waals surface area contributed by atoms with Crippen LogP contribution in [0.4, 0.5) is 0 Å². The Morgan fingerprint density at radius 2 is 1.51 bits per heavy atom. The molecule has 0 fully saturated rings. The summed E-state index contributed by atoms with van der Waals surface area (Å²) in [4.78, 5) is 12.0. The molecule has 0 aliphatic rings. The topological polar surface area (TPSA) is 78.7 Å². The fourth-order valence-electron chi connectivity index (χ4n) is 5.32. The first-order valence-corrected chi connectivity index (χ1v) is 24.2. The van der Waals surface area contributed by atoms with Gasteiger partial charge in [0.15, 0.2) is 0 Å². The number of nitrogens with zero attached hydrogens (tertiary/aromatic N) is 8. The van der Waals surface area contributed by atoms with Crippen molar-refractivity contribution in [2.45, 2.75) is 54.5 Å². The van der Waals surface area contributed by atoms with Gasteiger partial charge in [-0.3, -0.25) is 0 Å². The molecule has 3 aromatic carbocycles. The molecule has 0 saturated heterocycles. The molecular formula is C32H36N8Sn. The number of unbranched alkanes of at least 4 members (excludes halogenated alkanes) is 1. The summed E-state index contributed by atoms with van der Waals surface area (Å²) in [5, 5.41) is 17.9. The van der Waals surface area contributed by atoms with Crippen molar-refractivity contribution < 1.29 is 0 Å². The van der Waals surface area contributed by atoms with Gasteiger partial charge in [0, 0.05) is 5.56 Å². The normalized spacial score (nSPS) is 11.9. The minimum atomic E-state index is -2.57. The molecule has 0 spiro atoms. The monoisotopic (exact) mass is 652 g/mol. The van der Waals surface area contributed by atoms with Crippen LogP contribution in [0.25, 0.3) is 39.5 Å². The van der Waals surface area contributed by atoms with E-state index >= 15 is 0 Å². The second-order valence-electron chi connectivity index (χ2n) is 11.6. The SMILES string of the molecule is CCCCc1nn2c(C)c(-c3ccccc3)nc2n1Cc1ccc(-c2ccccc2-c2nnn[n]2[Sn]([CH3])([CH3])[CH3])cc1. The summed E-state index contributed by atoms with van der Waals surface area (Å²) in [6.07, 6.45) is 3.15. The summed E-state index contributed by atoms with van der Waals surface area (Å²) < 4.78 is 6.39. The van der Waals surface area contributed by atoms with Crippen LogP contribution in [0.5, 0.6) is 0 Å². The summed E-state index contributed by atoms with van der Waals surface area (Å²) >= 11 is -2.57. The zero-order chi connectivity index (χ0) is 28.6. The quantitative estimate of drug-likeness (QED) is 0.159. The van der Waals surface area contributed by atoms with E-state index < -0.39 is 18.7 Å². The summed E-state index contributed by atoms with van der Waals surface area (Å²) in [6.45, 7) is 5.04. The fraction of sp³-hybridized carbons (Fsp3) is 0.281. The van der Waals surface area contributed by atoms with Crippen LogP contribution < -0.4 is 0 Å². The van der Waals surface area contributed by atoms with E-state index in [0.29, 0.717) is 6.54 Å². The molecule has 6 aromatic rings. The molecule has 0 saturated carbocycles. The third-order valence-corrected chi connectivity index (χ3v) is 12.0. The number of tetrazole rings is 1. The molecule has 3 heterocycles. The summed E-state index contributed by atoms with van der Waals surface area (Å²) in [6, 6.07) is 27.6. The van der Waals surface area contributed by atoms with Gasteiger partial charge in [0.1, 0.15) is 0 Å². The van der Waals surface area contributed by atoms with E-state index in [4.69, 9.17) is 10.1 Å². The molecule has 0 amide bonds. The van der Waals surface area contributed by atoms with Crippen LogP contribution in [-0.4, -0.2) is 56.2 Å². The summed E-state index contributed by atoms with van der Waals surface area (Å²) in [5.74, 6) is 2.83. The average molecular weight is 651 g/mol. The standard InChI is InChI=1S/C29H27N8.3CH3.Sn/c1-3-4-14-26-33-37-20(2)27(23-10-6-5-7-11-23)30-29(37)36(26)19-21-15-17-22(18-16-21)24-12-8-9-13-25(24)28-31-34-35-32-28;;;;/h5-13,15-18H,3-4,14,19H2,1-2H3;3*1H3;/q-1;;;;+1. The number of aryl methyl sites for hydroxylation is 2.